The summed E-state index contributed by atoms with van der Waals surface area (Å²) in [5.74, 6) is -0.847. The Labute approximate surface area is 172 Å². The fourth-order valence-electron chi connectivity index (χ4n) is 3.33. The largest absolute Gasteiger partial charge is 0.489 e. The number of fused-ring (bicyclic) bond motifs is 1. The predicted octanol–water partition coefficient (Wildman–Crippen LogP) is 5.59. The van der Waals surface area contributed by atoms with Crippen molar-refractivity contribution in [3.8, 4) is 11.1 Å². The molecule has 4 nitrogen and oxygen atoms in total. The van der Waals surface area contributed by atoms with Crippen molar-refractivity contribution in [3.63, 3.8) is 0 Å². The molecule has 0 saturated carbocycles. The molecule has 0 spiro atoms. The van der Waals surface area contributed by atoms with Crippen LogP contribution in [0.3, 0.4) is 0 Å². The number of ether oxygens (including phenoxy) is 2. The summed E-state index contributed by atoms with van der Waals surface area (Å²) in [5, 5.41) is 1.69. The molecule has 27 heavy (non-hydrogen) atoms. The maximum Gasteiger partial charge on any atom is 0.317 e. The number of carbonyl (C=O) groups is 1. The third-order valence-electron chi connectivity index (χ3n) is 4.68. The molecule has 1 aliphatic heterocycles. The van der Waals surface area contributed by atoms with Crippen LogP contribution in [0.5, 0.6) is 0 Å². The number of nitrogens with zero attached hydrogens (tertiary/aromatic N) is 1. The van der Waals surface area contributed by atoms with Gasteiger partial charge in [0.15, 0.2) is 5.60 Å². The Balaban J connectivity index is 0.00000210. The summed E-state index contributed by atoms with van der Waals surface area (Å²) in [6, 6.07) is 11.6. The van der Waals surface area contributed by atoms with Gasteiger partial charge in [-0.25, -0.2) is 4.98 Å². The molecule has 0 bridgehead atoms. The molecule has 4 rings (SSSR count). The normalized spacial score (nSPS) is 20.9. The molecule has 0 amide bonds. The molecular weight excluding hydrogens is 405 g/mol. The molecule has 2 atom stereocenters. The van der Waals surface area contributed by atoms with Crippen molar-refractivity contribution >= 4 is 51.5 Å². The number of carbonyl (C=O) groups excluding carboxylic acids is 1. The third kappa shape index (κ3) is 3.20. The standard InChI is InChI=1S/C20H16ClNO3S.ClH/c1-20(15(9-11-25-20)19(23)24-2)17-16(12-5-7-13(21)8-6-12)14-4-3-10-22-18(14)26-17;/h3-11,15H,1-2H3;1H. The van der Waals surface area contributed by atoms with Crippen molar-refractivity contribution in [2.45, 2.75) is 12.5 Å². The van der Waals surface area contributed by atoms with Crippen molar-refractivity contribution in [1.82, 2.24) is 4.98 Å². The zero-order chi connectivity index (χ0) is 18.3. The van der Waals surface area contributed by atoms with Gasteiger partial charge < -0.3 is 9.47 Å². The van der Waals surface area contributed by atoms with E-state index in [1.165, 1.54) is 18.4 Å². The quantitative estimate of drug-likeness (QED) is 0.517. The summed E-state index contributed by atoms with van der Waals surface area (Å²) in [4.78, 5) is 18.7. The van der Waals surface area contributed by atoms with Crippen LogP contribution in [0.4, 0.5) is 0 Å². The van der Waals surface area contributed by atoms with Gasteiger partial charge in [0.05, 0.1) is 18.2 Å². The van der Waals surface area contributed by atoms with Crippen LogP contribution >= 0.6 is 35.3 Å². The van der Waals surface area contributed by atoms with Crippen LogP contribution in [0.2, 0.25) is 5.02 Å². The van der Waals surface area contributed by atoms with E-state index >= 15 is 0 Å². The first-order chi connectivity index (χ1) is 12.5. The van der Waals surface area contributed by atoms with Crippen LogP contribution in [0.1, 0.15) is 11.8 Å². The Hall–Kier alpha value is -2.08. The molecule has 0 fully saturated rings. The van der Waals surface area contributed by atoms with Crippen LogP contribution in [0, 0.1) is 5.92 Å². The summed E-state index contributed by atoms with van der Waals surface area (Å²) in [6.45, 7) is 1.92. The SMILES string of the molecule is COC(=O)C1C=COC1(C)c1sc2ncccc2c1-c1ccc(Cl)cc1.Cl. The molecular formula is C20H17Cl2NO3S. The summed E-state index contributed by atoms with van der Waals surface area (Å²) in [5.41, 5.74) is 1.16. The Morgan fingerprint density at radius 3 is 2.74 bits per heavy atom. The second kappa shape index (κ2) is 7.50. The van der Waals surface area contributed by atoms with Gasteiger partial charge in [0.2, 0.25) is 0 Å². The number of thiophene rings is 1. The van der Waals surface area contributed by atoms with Crippen molar-refractivity contribution < 1.29 is 14.3 Å². The van der Waals surface area contributed by atoms with Gasteiger partial charge in [-0.05, 0) is 42.8 Å². The third-order valence-corrected chi connectivity index (χ3v) is 6.27. The first kappa shape index (κ1) is 19.7. The molecule has 3 aromatic rings. The molecule has 0 aliphatic carbocycles. The highest BCUT2D eigenvalue weighted by Gasteiger charge is 2.47. The highest BCUT2D eigenvalue weighted by molar-refractivity contribution is 7.19. The number of hydrogen-bond acceptors (Lipinski definition) is 5. The Morgan fingerprint density at radius 2 is 2.04 bits per heavy atom. The molecule has 140 valence electrons. The highest BCUT2D eigenvalue weighted by Crippen LogP contribution is 2.50. The Morgan fingerprint density at radius 1 is 1.30 bits per heavy atom. The van der Waals surface area contributed by atoms with Crippen LogP contribution < -0.4 is 0 Å². The van der Waals surface area contributed by atoms with E-state index in [1.807, 2.05) is 43.3 Å². The molecule has 0 saturated heterocycles. The second-order valence-electron chi connectivity index (χ2n) is 6.22. The summed E-state index contributed by atoms with van der Waals surface area (Å²) < 4.78 is 10.9. The van der Waals surface area contributed by atoms with Gasteiger partial charge in [-0.3, -0.25) is 4.79 Å². The lowest BCUT2D eigenvalue weighted by atomic mass is 9.85. The van der Waals surface area contributed by atoms with Crippen molar-refractivity contribution in [3.05, 3.63) is 64.8 Å². The molecule has 1 aliphatic rings. The average molecular weight is 422 g/mol. The summed E-state index contributed by atoms with van der Waals surface area (Å²) in [6.07, 6.45) is 5.09. The number of hydrogen-bond donors (Lipinski definition) is 0. The predicted molar refractivity (Wildman–Crippen MR) is 110 cm³/mol. The van der Waals surface area contributed by atoms with E-state index in [1.54, 1.807) is 18.5 Å². The van der Waals surface area contributed by atoms with Gasteiger partial charge in [-0.15, -0.1) is 23.7 Å². The number of esters is 1. The Bertz CT molecular complexity index is 1020. The smallest absolute Gasteiger partial charge is 0.317 e. The summed E-state index contributed by atoms with van der Waals surface area (Å²) >= 11 is 7.60. The maximum atomic E-state index is 12.3. The maximum absolute atomic E-state index is 12.3. The minimum atomic E-state index is -0.854. The van der Waals surface area contributed by atoms with E-state index in [9.17, 15) is 4.79 Å². The molecule has 7 heteroatoms. The number of halogens is 2. The summed E-state index contributed by atoms with van der Waals surface area (Å²) in [7, 11) is 1.39. The molecule has 2 unspecified atom stereocenters. The topological polar surface area (TPSA) is 48.4 Å². The van der Waals surface area contributed by atoms with E-state index in [0.717, 1.165) is 26.2 Å². The van der Waals surface area contributed by atoms with Gasteiger partial charge in [0, 0.05) is 22.2 Å². The second-order valence-corrected chi connectivity index (χ2v) is 7.66. The van der Waals surface area contributed by atoms with E-state index < -0.39 is 11.5 Å². The molecule has 2 aromatic heterocycles. The molecule has 0 radical (unpaired) electrons. The van der Waals surface area contributed by atoms with E-state index in [4.69, 9.17) is 21.1 Å². The lowest BCUT2D eigenvalue weighted by molar-refractivity contribution is -0.150. The van der Waals surface area contributed by atoms with Crippen LogP contribution in [0.25, 0.3) is 21.3 Å². The van der Waals surface area contributed by atoms with Gasteiger partial charge in [0.1, 0.15) is 10.7 Å². The first-order valence-electron chi connectivity index (χ1n) is 8.11. The van der Waals surface area contributed by atoms with Crippen LogP contribution in [-0.4, -0.2) is 18.1 Å². The van der Waals surface area contributed by atoms with E-state index in [0.29, 0.717) is 5.02 Å². The monoisotopic (exact) mass is 421 g/mol. The number of benzene rings is 1. The van der Waals surface area contributed by atoms with Gasteiger partial charge in [-0.1, -0.05) is 23.7 Å². The van der Waals surface area contributed by atoms with Gasteiger partial charge in [0.25, 0.3) is 0 Å². The highest BCUT2D eigenvalue weighted by atomic mass is 35.5. The zero-order valence-electron chi connectivity index (χ0n) is 14.6. The number of pyridine rings is 1. The van der Waals surface area contributed by atoms with Crippen molar-refractivity contribution in [2.24, 2.45) is 5.92 Å². The van der Waals surface area contributed by atoms with Gasteiger partial charge in [-0.2, -0.15) is 0 Å². The molecule has 0 N–H and O–H groups in total. The van der Waals surface area contributed by atoms with Crippen molar-refractivity contribution in [2.75, 3.05) is 7.11 Å². The molecule has 1 aromatic carbocycles. The Kier molecular flexibility index (Phi) is 5.47. The van der Waals surface area contributed by atoms with E-state index in [-0.39, 0.29) is 18.4 Å². The fraction of sp³-hybridized carbons (Fsp3) is 0.200. The van der Waals surface area contributed by atoms with Crippen LogP contribution in [-0.2, 0) is 19.9 Å². The number of aromatic nitrogens is 1. The lowest BCUT2D eigenvalue weighted by Gasteiger charge is -2.29. The molecule has 3 heterocycles. The minimum Gasteiger partial charge on any atom is -0.489 e. The number of methoxy groups -OCH3 is 1. The van der Waals surface area contributed by atoms with Crippen molar-refractivity contribution in [1.29, 1.82) is 0 Å². The number of rotatable bonds is 3. The minimum absolute atomic E-state index is 0. The van der Waals surface area contributed by atoms with Crippen LogP contribution in [0.15, 0.2) is 54.9 Å². The average Bonchev–Trinajstić information content (AvgIpc) is 3.24. The fourth-order valence-corrected chi connectivity index (χ4v) is 4.75. The first-order valence-corrected chi connectivity index (χ1v) is 9.30. The van der Waals surface area contributed by atoms with Gasteiger partial charge >= 0.3 is 5.97 Å². The zero-order valence-corrected chi connectivity index (χ0v) is 17.0. The lowest BCUT2D eigenvalue weighted by Crippen LogP contribution is -2.34. The van der Waals surface area contributed by atoms with E-state index in [2.05, 4.69) is 4.98 Å².